The molecule has 1 N–H and O–H groups in total. The van der Waals surface area contributed by atoms with Gasteiger partial charge in [0.1, 0.15) is 0 Å². The highest BCUT2D eigenvalue weighted by Gasteiger charge is 2.28. The second-order valence-corrected chi connectivity index (χ2v) is 5.20. The van der Waals surface area contributed by atoms with Gasteiger partial charge in [-0.15, -0.1) is 0 Å². The highest BCUT2D eigenvalue weighted by Crippen LogP contribution is 2.37. The molecule has 1 aliphatic heterocycles. The van der Waals surface area contributed by atoms with Crippen LogP contribution in [0.5, 0.6) is 11.5 Å². The summed E-state index contributed by atoms with van der Waals surface area (Å²) in [4.78, 5) is 14.2. The lowest BCUT2D eigenvalue weighted by Gasteiger charge is -2.36. The molecule has 1 aromatic rings. The van der Waals surface area contributed by atoms with Gasteiger partial charge in [0.25, 0.3) is 0 Å². The molecule has 0 fully saturated rings. The molecule has 0 spiro atoms. The predicted molar refractivity (Wildman–Crippen MR) is 81.9 cm³/mol. The first-order valence-corrected chi connectivity index (χ1v) is 7.37. The zero-order chi connectivity index (χ0) is 15.4. The third kappa shape index (κ3) is 3.13. The summed E-state index contributed by atoms with van der Waals surface area (Å²) in [5, 5.41) is 3.09. The van der Waals surface area contributed by atoms with E-state index in [4.69, 9.17) is 9.47 Å². The molecule has 1 aliphatic rings. The van der Waals surface area contributed by atoms with Crippen molar-refractivity contribution in [2.75, 3.05) is 33.9 Å². The quantitative estimate of drug-likeness (QED) is 0.898. The zero-order valence-electron chi connectivity index (χ0n) is 13.2. The number of ether oxygens (including phenoxy) is 2. The molecule has 0 bridgehead atoms. The van der Waals surface area contributed by atoms with Gasteiger partial charge < -0.3 is 19.7 Å². The van der Waals surface area contributed by atoms with Crippen LogP contribution >= 0.6 is 0 Å². The van der Waals surface area contributed by atoms with Crippen LogP contribution in [-0.4, -0.2) is 44.7 Å². The van der Waals surface area contributed by atoms with Crippen molar-refractivity contribution in [3.63, 3.8) is 0 Å². The van der Waals surface area contributed by atoms with E-state index in [1.165, 1.54) is 5.56 Å². The van der Waals surface area contributed by atoms with Crippen LogP contribution in [0.25, 0.3) is 0 Å². The SMILES string of the molecule is CCNCC(=O)N1CCc2cc(OC)c(OC)cc2C1C. The fourth-order valence-corrected chi connectivity index (χ4v) is 2.82. The van der Waals surface area contributed by atoms with Crippen molar-refractivity contribution in [1.82, 2.24) is 10.2 Å². The van der Waals surface area contributed by atoms with Gasteiger partial charge in [0, 0.05) is 6.54 Å². The molecule has 21 heavy (non-hydrogen) atoms. The van der Waals surface area contributed by atoms with Crippen LogP contribution < -0.4 is 14.8 Å². The summed E-state index contributed by atoms with van der Waals surface area (Å²) >= 11 is 0. The minimum absolute atomic E-state index is 0.0553. The van der Waals surface area contributed by atoms with Gasteiger partial charge >= 0.3 is 0 Å². The zero-order valence-corrected chi connectivity index (χ0v) is 13.2. The fourth-order valence-electron chi connectivity index (χ4n) is 2.82. The Hall–Kier alpha value is -1.75. The van der Waals surface area contributed by atoms with Crippen molar-refractivity contribution in [3.8, 4) is 11.5 Å². The lowest BCUT2D eigenvalue weighted by Crippen LogP contribution is -2.43. The van der Waals surface area contributed by atoms with E-state index in [0.717, 1.165) is 30.8 Å². The fraction of sp³-hybridized carbons (Fsp3) is 0.562. The normalized spacial score (nSPS) is 17.3. The summed E-state index contributed by atoms with van der Waals surface area (Å²) in [6.07, 6.45) is 0.845. The van der Waals surface area contributed by atoms with Gasteiger partial charge in [0.2, 0.25) is 5.91 Å². The van der Waals surface area contributed by atoms with Crippen LogP contribution in [0.4, 0.5) is 0 Å². The molecule has 2 rings (SSSR count). The molecule has 1 amide bonds. The molecular formula is C16H24N2O3. The van der Waals surface area contributed by atoms with Gasteiger partial charge in [-0.2, -0.15) is 0 Å². The third-order valence-electron chi connectivity index (χ3n) is 4.03. The number of nitrogens with zero attached hydrogens (tertiary/aromatic N) is 1. The Morgan fingerprint density at radius 2 is 2.00 bits per heavy atom. The molecule has 0 aliphatic carbocycles. The Morgan fingerprint density at radius 1 is 1.33 bits per heavy atom. The number of amides is 1. The Kier molecular flexibility index (Phi) is 5.07. The number of hydrogen-bond donors (Lipinski definition) is 1. The standard InChI is InChI=1S/C16H24N2O3/c1-5-17-10-16(19)18-7-6-12-8-14(20-3)15(21-4)9-13(12)11(18)2/h8-9,11,17H,5-7,10H2,1-4H3. The summed E-state index contributed by atoms with van der Waals surface area (Å²) in [7, 11) is 3.27. The summed E-state index contributed by atoms with van der Waals surface area (Å²) < 4.78 is 10.7. The second kappa shape index (κ2) is 6.80. The number of likely N-dealkylation sites (N-methyl/N-ethyl adjacent to an activating group) is 1. The maximum absolute atomic E-state index is 12.3. The maximum Gasteiger partial charge on any atom is 0.237 e. The molecule has 116 valence electrons. The van der Waals surface area contributed by atoms with Gasteiger partial charge in [0.05, 0.1) is 26.8 Å². The minimum Gasteiger partial charge on any atom is -0.493 e. The molecule has 5 nitrogen and oxygen atoms in total. The molecular weight excluding hydrogens is 268 g/mol. The molecule has 1 heterocycles. The molecule has 0 saturated heterocycles. The molecule has 1 unspecified atom stereocenters. The molecule has 0 aromatic heterocycles. The summed E-state index contributed by atoms with van der Waals surface area (Å²) in [6.45, 7) is 6.00. The van der Waals surface area contributed by atoms with Crippen LogP contribution in [0.15, 0.2) is 12.1 Å². The highest BCUT2D eigenvalue weighted by atomic mass is 16.5. The van der Waals surface area contributed by atoms with Gasteiger partial charge in [-0.25, -0.2) is 0 Å². The lowest BCUT2D eigenvalue weighted by molar-refractivity contribution is -0.132. The van der Waals surface area contributed by atoms with Crippen molar-refractivity contribution in [2.24, 2.45) is 0 Å². The Labute approximate surface area is 126 Å². The highest BCUT2D eigenvalue weighted by molar-refractivity contribution is 5.79. The number of hydrogen-bond acceptors (Lipinski definition) is 4. The van der Waals surface area contributed by atoms with Crippen molar-refractivity contribution >= 4 is 5.91 Å². The van der Waals surface area contributed by atoms with Crippen LogP contribution in [0.2, 0.25) is 0 Å². The van der Waals surface area contributed by atoms with Crippen LogP contribution in [0, 0.1) is 0 Å². The average Bonchev–Trinajstić information content (AvgIpc) is 2.51. The first-order chi connectivity index (χ1) is 10.1. The van der Waals surface area contributed by atoms with Gasteiger partial charge in [-0.1, -0.05) is 6.92 Å². The lowest BCUT2D eigenvalue weighted by atomic mass is 9.92. The minimum atomic E-state index is 0.0553. The molecule has 0 saturated carbocycles. The number of carbonyl (C=O) groups is 1. The van der Waals surface area contributed by atoms with Crippen molar-refractivity contribution in [1.29, 1.82) is 0 Å². The Morgan fingerprint density at radius 3 is 2.62 bits per heavy atom. The summed E-state index contributed by atoms with van der Waals surface area (Å²) in [5.41, 5.74) is 2.37. The van der Waals surface area contributed by atoms with Crippen molar-refractivity contribution < 1.29 is 14.3 Å². The maximum atomic E-state index is 12.3. The summed E-state index contributed by atoms with van der Waals surface area (Å²) in [5.74, 6) is 1.60. The van der Waals surface area contributed by atoms with E-state index in [9.17, 15) is 4.79 Å². The number of benzene rings is 1. The average molecular weight is 292 g/mol. The largest absolute Gasteiger partial charge is 0.493 e. The van der Waals surface area contributed by atoms with Gasteiger partial charge in [0.15, 0.2) is 11.5 Å². The monoisotopic (exact) mass is 292 g/mol. The summed E-state index contributed by atoms with van der Waals surface area (Å²) in [6, 6.07) is 4.07. The molecule has 5 heteroatoms. The first-order valence-electron chi connectivity index (χ1n) is 7.37. The number of nitrogens with one attached hydrogen (secondary N) is 1. The van der Waals surface area contributed by atoms with E-state index in [1.54, 1.807) is 14.2 Å². The Bertz CT molecular complexity index is 516. The van der Waals surface area contributed by atoms with Crippen LogP contribution in [0.1, 0.15) is 31.0 Å². The topological polar surface area (TPSA) is 50.8 Å². The number of fused-ring (bicyclic) bond motifs is 1. The van der Waals surface area contributed by atoms with Crippen LogP contribution in [-0.2, 0) is 11.2 Å². The number of methoxy groups -OCH3 is 2. The number of rotatable bonds is 5. The van der Waals surface area contributed by atoms with Crippen molar-refractivity contribution in [3.05, 3.63) is 23.3 Å². The smallest absolute Gasteiger partial charge is 0.237 e. The van der Waals surface area contributed by atoms with Crippen LogP contribution in [0.3, 0.4) is 0 Å². The first kappa shape index (κ1) is 15.6. The number of carbonyl (C=O) groups excluding carboxylic acids is 1. The second-order valence-electron chi connectivity index (χ2n) is 5.20. The van der Waals surface area contributed by atoms with E-state index in [2.05, 4.69) is 12.2 Å². The third-order valence-corrected chi connectivity index (χ3v) is 4.03. The molecule has 0 radical (unpaired) electrons. The van der Waals surface area contributed by atoms with Gasteiger partial charge in [-0.05, 0) is 43.1 Å². The van der Waals surface area contributed by atoms with E-state index >= 15 is 0 Å². The van der Waals surface area contributed by atoms with E-state index in [0.29, 0.717) is 12.3 Å². The molecule has 1 aromatic carbocycles. The van der Waals surface area contributed by atoms with Gasteiger partial charge in [-0.3, -0.25) is 4.79 Å². The van der Waals surface area contributed by atoms with E-state index in [1.807, 2.05) is 24.0 Å². The Balaban J connectivity index is 2.26. The molecule has 1 atom stereocenters. The van der Waals surface area contributed by atoms with E-state index in [-0.39, 0.29) is 11.9 Å². The predicted octanol–water partition coefficient (Wildman–Crippen LogP) is 1.76. The van der Waals surface area contributed by atoms with Crippen molar-refractivity contribution in [2.45, 2.75) is 26.3 Å². The van der Waals surface area contributed by atoms with E-state index < -0.39 is 0 Å².